The van der Waals surface area contributed by atoms with Crippen molar-refractivity contribution in [3.63, 3.8) is 0 Å². The fourth-order valence-electron chi connectivity index (χ4n) is 1.99. The molecule has 2 N–H and O–H groups in total. The summed E-state index contributed by atoms with van der Waals surface area (Å²) in [5.41, 5.74) is 0. The number of carbonyl (C=O) groups excluding carboxylic acids is 1. The summed E-state index contributed by atoms with van der Waals surface area (Å²) >= 11 is 1.77. The maximum atomic E-state index is 11.6. The molecule has 3 nitrogen and oxygen atoms in total. The molecule has 1 aliphatic rings. The highest BCUT2D eigenvalue weighted by molar-refractivity contribution is 7.98. The van der Waals surface area contributed by atoms with Crippen molar-refractivity contribution in [3.05, 3.63) is 0 Å². The Morgan fingerprint density at radius 2 is 2.47 bits per heavy atom. The van der Waals surface area contributed by atoms with Gasteiger partial charge in [-0.25, -0.2) is 0 Å². The van der Waals surface area contributed by atoms with Gasteiger partial charge in [-0.15, -0.1) is 0 Å². The van der Waals surface area contributed by atoms with Crippen molar-refractivity contribution >= 4 is 17.7 Å². The van der Waals surface area contributed by atoms with E-state index in [4.69, 9.17) is 0 Å². The molecule has 2 atom stereocenters. The zero-order valence-corrected chi connectivity index (χ0v) is 10.5. The van der Waals surface area contributed by atoms with Gasteiger partial charge in [-0.05, 0) is 45.0 Å². The van der Waals surface area contributed by atoms with Crippen molar-refractivity contribution < 1.29 is 4.79 Å². The van der Waals surface area contributed by atoms with Gasteiger partial charge in [0.1, 0.15) is 0 Å². The number of amides is 1. The quantitative estimate of drug-likeness (QED) is 0.747. The third-order valence-corrected chi connectivity index (χ3v) is 3.53. The largest absolute Gasteiger partial charge is 0.353 e. The van der Waals surface area contributed by atoms with Crippen LogP contribution >= 0.6 is 11.8 Å². The van der Waals surface area contributed by atoms with Gasteiger partial charge in [-0.2, -0.15) is 11.8 Å². The highest BCUT2D eigenvalue weighted by atomic mass is 32.2. The number of hydrogen-bond acceptors (Lipinski definition) is 3. The first kappa shape index (κ1) is 12.8. The SMILES string of the molecule is CSCC(C)NC(=O)CC1CCCNC1. The summed E-state index contributed by atoms with van der Waals surface area (Å²) in [7, 11) is 0. The number of thioether (sulfide) groups is 1. The van der Waals surface area contributed by atoms with Crippen LogP contribution in [0.2, 0.25) is 0 Å². The average Bonchev–Trinajstić information content (AvgIpc) is 2.19. The van der Waals surface area contributed by atoms with Crippen LogP contribution in [-0.2, 0) is 4.79 Å². The Morgan fingerprint density at radius 3 is 3.07 bits per heavy atom. The van der Waals surface area contributed by atoms with Crippen molar-refractivity contribution in [1.29, 1.82) is 0 Å². The second-order valence-corrected chi connectivity index (χ2v) is 5.25. The second kappa shape index (κ2) is 7.12. The molecule has 1 fully saturated rings. The Kier molecular flexibility index (Phi) is 6.10. The summed E-state index contributed by atoms with van der Waals surface area (Å²) in [6.07, 6.45) is 5.15. The fraction of sp³-hybridized carbons (Fsp3) is 0.909. The molecule has 1 rings (SSSR count). The van der Waals surface area contributed by atoms with Crippen LogP contribution in [0.15, 0.2) is 0 Å². The Morgan fingerprint density at radius 1 is 1.67 bits per heavy atom. The minimum atomic E-state index is 0.213. The van der Waals surface area contributed by atoms with E-state index < -0.39 is 0 Å². The van der Waals surface area contributed by atoms with E-state index in [1.54, 1.807) is 11.8 Å². The Balaban J connectivity index is 2.16. The zero-order valence-electron chi connectivity index (χ0n) is 9.71. The summed E-state index contributed by atoms with van der Waals surface area (Å²) in [5.74, 6) is 1.75. The molecule has 0 bridgehead atoms. The van der Waals surface area contributed by atoms with Crippen molar-refractivity contribution in [2.75, 3.05) is 25.1 Å². The van der Waals surface area contributed by atoms with E-state index in [-0.39, 0.29) is 5.91 Å². The molecule has 15 heavy (non-hydrogen) atoms. The highest BCUT2D eigenvalue weighted by Crippen LogP contribution is 2.13. The summed E-state index contributed by atoms with van der Waals surface area (Å²) in [6, 6.07) is 0.295. The molecule has 0 aromatic heterocycles. The lowest BCUT2D eigenvalue weighted by Crippen LogP contribution is -2.38. The zero-order chi connectivity index (χ0) is 11.1. The maximum Gasteiger partial charge on any atom is 0.220 e. The lowest BCUT2D eigenvalue weighted by Gasteiger charge is -2.23. The number of hydrogen-bond donors (Lipinski definition) is 2. The summed E-state index contributed by atoms with van der Waals surface area (Å²) in [4.78, 5) is 11.6. The monoisotopic (exact) mass is 230 g/mol. The smallest absolute Gasteiger partial charge is 0.220 e. The molecule has 1 saturated heterocycles. The van der Waals surface area contributed by atoms with Gasteiger partial charge in [0.15, 0.2) is 0 Å². The van der Waals surface area contributed by atoms with E-state index in [0.29, 0.717) is 18.4 Å². The van der Waals surface area contributed by atoms with Crippen LogP contribution in [0.3, 0.4) is 0 Å². The van der Waals surface area contributed by atoms with Crippen LogP contribution in [0, 0.1) is 5.92 Å². The minimum Gasteiger partial charge on any atom is -0.353 e. The van der Waals surface area contributed by atoms with Gasteiger partial charge < -0.3 is 10.6 Å². The van der Waals surface area contributed by atoms with Crippen molar-refractivity contribution in [3.8, 4) is 0 Å². The van der Waals surface area contributed by atoms with Crippen LogP contribution in [0.5, 0.6) is 0 Å². The van der Waals surface area contributed by atoms with Crippen LogP contribution in [0.4, 0.5) is 0 Å². The number of piperidine rings is 1. The first-order chi connectivity index (χ1) is 7.22. The Bertz CT molecular complexity index is 193. The van der Waals surface area contributed by atoms with Gasteiger partial charge in [0.2, 0.25) is 5.91 Å². The number of nitrogens with one attached hydrogen (secondary N) is 2. The number of rotatable bonds is 5. The molecule has 0 saturated carbocycles. The minimum absolute atomic E-state index is 0.213. The molecule has 1 heterocycles. The van der Waals surface area contributed by atoms with Gasteiger partial charge >= 0.3 is 0 Å². The van der Waals surface area contributed by atoms with E-state index in [1.807, 2.05) is 0 Å². The summed E-state index contributed by atoms with van der Waals surface area (Å²) in [6.45, 7) is 4.18. The van der Waals surface area contributed by atoms with E-state index in [2.05, 4.69) is 23.8 Å². The molecule has 4 heteroatoms. The molecular formula is C11H22N2OS. The molecule has 0 aromatic rings. The molecule has 1 amide bonds. The van der Waals surface area contributed by atoms with Crippen molar-refractivity contribution in [2.45, 2.75) is 32.2 Å². The van der Waals surface area contributed by atoms with Gasteiger partial charge in [0, 0.05) is 18.2 Å². The first-order valence-electron chi connectivity index (χ1n) is 5.71. The van der Waals surface area contributed by atoms with Crippen molar-refractivity contribution in [1.82, 2.24) is 10.6 Å². The van der Waals surface area contributed by atoms with Crippen LogP contribution in [0.1, 0.15) is 26.2 Å². The topological polar surface area (TPSA) is 41.1 Å². The molecule has 0 aromatic carbocycles. The van der Waals surface area contributed by atoms with E-state index in [0.717, 1.165) is 18.8 Å². The van der Waals surface area contributed by atoms with Gasteiger partial charge in [0.05, 0.1) is 0 Å². The highest BCUT2D eigenvalue weighted by Gasteiger charge is 2.17. The van der Waals surface area contributed by atoms with Crippen LogP contribution < -0.4 is 10.6 Å². The lowest BCUT2D eigenvalue weighted by molar-refractivity contribution is -0.122. The summed E-state index contributed by atoms with van der Waals surface area (Å²) in [5, 5.41) is 6.38. The molecule has 2 unspecified atom stereocenters. The lowest BCUT2D eigenvalue weighted by atomic mass is 9.96. The average molecular weight is 230 g/mol. The second-order valence-electron chi connectivity index (χ2n) is 4.34. The third kappa shape index (κ3) is 5.42. The fourth-order valence-corrected chi connectivity index (χ4v) is 2.57. The summed E-state index contributed by atoms with van der Waals surface area (Å²) < 4.78 is 0. The molecule has 1 aliphatic heterocycles. The van der Waals surface area contributed by atoms with E-state index >= 15 is 0 Å². The van der Waals surface area contributed by atoms with E-state index in [1.165, 1.54) is 12.8 Å². The van der Waals surface area contributed by atoms with Gasteiger partial charge in [0.25, 0.3) is 0 Å². The van der Waals surface area contributed by atoms with Gasteiger partial charge in [-0.3, -0.25) is 4.79 Å². The van der Waals surface area contributed by atoms with Gasteiger partial charge in [-0.1, -0.05) is 0 Å². The molecule has 0 spiro atoms. The predicted octanol–water partition coefficient (Wildman–Crippen LogP) is 1.24. The van der Waals surface area contributed by atoms with Crippen LogP contribution in [0.25, 0.3) is 0 Å². The Labute approximate surface area is 96.8 Å². The number of carbonyl (C=O) groups is 1. The Hall–Kier alpha value is -0.220. The van der Waals surface area contributed by atoms with E-state index in [9.17, 15) is 4.79 Å². The standard InChI is InChI=1S/C11H22N2OS/c1-9(8-15-2)13-11(14)6-10-4-3-5-12-7-10/h9-10,12H,3-8H2,1-2H3,(H,13,14). The molecule has 0 radical (unpaired) electrons. The van der Waals surface area contributed by atoms with Crippen LogP contribution in [-0.4, -0.2) is 37.0 Å². The molecule has 0 aliphatic carbocycles. The predicted molar refractivity (Wildman–Crippen MR) is 66.2 cm³/mol. The molecular weight excluding hydrogens is 208 g/mol. The maximum absolute atomic E-state index is 11.6. The van der Waals surface area contributed by atoms with Crippen molar-refractivity contribution in [2.24, 2.45) is 5.92 Å². The molecule has 88 valence electrons. The first-order valence-corrected chi connectivity index (χ1v) is 7.10. The third-order valence-electron chi connectivity index (χ3n) is 2.70. The normalized spacial score (nSPS) is 23.5.